The first-order chi connectivity index (χ1) is 18.1. The van der Waals surface area contributed by atoms with Gasteiger partial charge in [-0.2, -0.15) is 0 Å². The van der Waals surface area contributed by atoms with Gasteiger partial charge in [0.1, 0.15) is 12.4 Å². The van der Waals surface area contributed by atoms with Crippen LogP contribution in [-0.4, -0.2) is 58.0 Å². The number of carbonyl (C=O) groups excluding carboxylic acids is 1. The van der Waals surface area contributed by atoms with Crippen LogP contribution in [0, 0.1) is 34.4 Å². The second kappa shape index (κ2) is 9.24. The van der Waals surface area contributed by atoms with Crippen LogP contribution in [0.4, 0.5) is 4.39 Å². The standard InChI is InChI=1S/C31H40FNO5/c1-28-11-7-25-26(31(28,37)14-9-24(28)21-16-27(35)38-18-21)8-13-30(36)17-23(34)6-12-29(25,30)19-33-15-10-20-2-4-22(32)5-3-20/h2-5,16,19,23-26,34,36-37H,6-15,17-18H2,1H3/t23?,24-,25-,26?,28+,29-,30?,31?/m0/s1. The fraction of sp³-hybridized carbons (Fsp3) is 0.677. The number of cyclic esters (lactones) is 1. The SMILES string of the molecule is C[C@]12CC[C@H]3C(CCC4(O)CC(O)CC[C@]34C=NCCc3ccc(F)cc3)C1(O)CC[C@H]2C1=CC(=O)OC1. The van der Waals surface area contributed by atoms with Crippen LogP contribution in [0.2, 0.25) is 0 Å². The maximum atomic E-state index is 13.3. The van der Waals surface area contributed by atoms with Gasteiger partial charge >= 0.3 is 5.97 Å². The van der Waals surface area contributed by atoms with Crippen LogP contribution in [0.5, 0.6) is 0 Å². The van der Waals surface area contributed by atoms with Crippen molar-refractivity contribution in [2.45, 2.75) is 88.4 Å². The lowest BCUT2D eigenvalue weighted by Gasteiger charge is -2.65. The van der Waals surface area contributed by atoms with Crippen LogP contribution in [0.15, 0.2) is 40.9 Å². The topological polar surface area (TPSA) is 99.4 Å². The van der Waals surface area contributed by atoms with E-state index in [2.05, 4.69) is 6.92 Å². The molecule has 7 heteroatoms. The third-order valence-electron chi connectivity index (χ3n) is 11.4. The van der Waals surface area contributed by atoms with Crippen molar-refractivity contribution in [2.24, 2.45) is 33.6 Å². The van der Waals surface area contributed by atoms with Crippen LogP contribution in [0.25, 0.3) is 0 Å². The molecular formula is C31H40FNO5. The lowest BCUT2D eigenvalue weighted by Crippen LogP contribution is -2.68. The number of rotatable bonds is 5. The molecule has 0 amide bonds. The highest BCUT2D eigenvalue weighted by molar-refractivity contribution is 5.85. The van der Waals surface area contributed by atoms with Gasteiger partial charge < -0.3 is 20.1 Å². The Kier molecular flexibility index (Phi) is 6.36. The number of benzene rings is 1. The summed E-state index contributed by atoms with van der Waals surface area (Å²) in [5, 5.41) is 35.1. The van der Waals surface area contributed by atoms with E-state index in [4.69, 9.17) is 9.73 Å². The molecule has 38 heavy (non-hydrogen) atoms. The second-order valence-corrected chi connectivity index (χ2v) is 12.9. The summed E-state index contributed by atoms with van der Waals surface area (Å²) in [5.41, 5.74) is -0.865. The third-order valence-corrected chi connectivity index (χ3v) is 11.4. The molecule has 0 aromatic heterocycles. The normalized spacial score (nSPS) is 44.3. The minimum Gasteiger partial charge on any atom is -0.458 e. The average Bonchev–Trinajstić information content (AvgIpc) is 3.42. The molecule has 4 aliphatic carbocycles. The van der Waals surface area contributed by atoms with Crippen molar-refractivity contribution in [1.29, 1.82) is 0 Å². The van der Waals surface area contributed by atoms with Gasteiger partial charge in [-0.1, -0.05) is 19.1 Å². The largest absolute Gasteiger partial charge is 0.458 e. The van der Waals surface area contributed by atoms with Crippen molar-refractivity contribution in [3.63, 3.8) is 0 Å². The highest BCUT2D eigenvalue weighted by Crippen LogP contribution is 2.70. The summed E-state index contributed by atoms with van der Waals surface area (Å²) in [7, 11) is 0. The molecule has 8 atom stereocenters. The van der Waals surface area contributed by atoms with Gasteiger partial charge in [-0.25, -0.2) is 9.18 Å². The predicted molar refractivity (Wildman–Crippen MR) is 141 cm³/mol. The molecule has 4 fully saturated rings. The van der Waals surface area contributed by atoms with E-state index in [9.17, 15) is 24.5 Å². The summed E-state index contributed by atoms with van der Waals surface area (Å²) < 4.78 is 18.5. The van der Waals surface area contributed by atoms with Crippen LogP contribution < -0.4 is 0 Å². The Hall–Kier alpha value is -2.09. The summed E-state index contributed by atoms with van der Waals surface area (Å²) >= 11 is 0. The third kappa shape index (κ3) is 3.83. The minimum atomic E-state index is -1.05. The lowest BCUT2D eigenvalue weighted by molar-refractivity contribution is -0.237. The zero-order valence-electron chi connectivity index (χ0n) is 22.2. The van der Waals surface area contributed by atoms with Crippen molar-refractivity contribution in [3.05, 3.63) is 47.3 Å². The molecule has 0 radical (unpaired) electrons. The van der Waals surface area contributed by atoms with Crippen LogP contribution in [-0.2, 0) is 16.0 Å². The Morgan fingerprint density at radius 3 is 2.55 bits per heavy atom. The van der Waals surface area contributed by atoms with E-state index in [0.717, 1.165) is 30.4 Å². The van der Waals surface area contributed by atoms with Crippen molar-refractivity contribution < 1.29 is 29.2 Å². The highest BCUT2D eigenvalue weighted by atomic mass is 19.1. The number of aliphatic hydroxyl groups is 3. The summed E-state index contributed by atoms with van der Waals surface area (Å²) in [6, 6.07) is 6.48. The van der Waals surface area contributed by atoms with E-state index in [0.29, 0.717) is 58.1 Å². The number of hydrogen-bond acceptors (Lipinski definition) is 6. The van der Waals surface area contributed by atoms with E-state index < -0.39 is 22.7 Å². The predicted octanol–water partition coefficient (Wildman–Crippen LogP) is 4.15. The number of aliphatic hydroxyl groups excluding tert-OH is 1. The van der Waals surface area contributed by atoms with Gasteiger partial charge in [0, 0.05) is 36.1 Å². The first-order valence-corrected chi connectivity index (χ1v) is 14.4. The fourth-order valence-electron chi connectivity index (χ4n) is 9.43. The monoisotopic (exact) mass is 525 g/mol. The zero-order chi connectivity index (χ0) is 26.8. The first kappa shape index (κ1) is 26.1. The zero-order valence-corrected chi connectivity index (χ0v) is 22.2. The van der Waals surface area contributed by atoms with E-state index in [1.165, 1.54) is 12.1 Å². The molecule has 6 nitrogen and oxygen atoms in total. The number of aliphatic imine (C=N–C) groups is 1. The minimum absolute atomic E-state index is 0.0175. The molecule has 1 aliphatic heterocycles. The second-order valence-electron chi connectivity index (χ2n) is 12.9. The number of hydrogen-bond donors (Lipinski definition) is 3. The van der Waals surface area contributed by atoms with Crippen molar-refractivity contribution in [3.8, 4) is 0 Å². The van der Waals surface area contributed by atoms with Gasteiger partial charge in [0.15, 0.2) is 0 Å². The van der Waals surface area contributed by atoms with Gasteiger partial charge in [-0.3, -0.25) is 4.99 Å². The molecule has 4 saturated carbocycles. The van der Waals surface area contributed by atoms with Crippen LogP contribution in [0.1, 0.15) is 70.3 Å². The number of carbonyl (C=O) groups is 1. The molecule has 206 valence electrons. The Balaban J connectivity index is 1.30. The van der Waals surface area contributed by atoms with Crippen molar-refractivity contribution >= 4 is 12.2 Å². The molecule has 1 aromatic carbocycles. The summed E-state index contributed by atoms with van der Waals surface area (Å²) in [5.74, 6) is -0.337. The Bertz CT molecular complexity index is 1150. The molecule has 0 spiro atoms. The Morgan fingerprint density at radius 2 is 1.82 bits per heavy atom. The molecule has 0 bridgehead atoms. The molecule has 1 aromatic rings. The molecule has 3 N–H and O–H groups in total. The molecule has 6 rings (SSSR count). The maximum absolute atomic E-state index is 13.3. The van der Waals surface area contributed by atoms with E-state index >= 15 is 0 Å². The van der Waals surface area contributed by atoms with Crippen molar-refractivity contribution in [1.82, 2.24) is 0 Å². The Morgan fingerprint density at radius 1 is 1.05 bits per heavy atom. The first-order valence-electron chi connectivity index (χ1n) is 14.4. The Labute approximate surface area is 224 Å². The van der Waals surface area contributed by atoms with Gasteiger partial charge in [0.2, 0.25) is 0 Å². The van der Waals surface area contributed by atoms with Crippen molar-refractivity contribution in [2.75, 3.05) is 13.2 Å². The smallest absolute Gasteiger partial charge is 0.331 e. The molecule has 0 saturated heterocycles. The number of fused-ring (bicyclic) bond motifs is 5. The van der Waals surface area contributed by atoms with E-state index in [1.54, 1.807) is 18.2 Å². The van der Waals surface area contributed by atoms with Gasteiger partial charge in [-0.15, -0.1) is 0 Å². The van der Waals surface area contributed by atoms with Gasteiger partial charge in [0.25, 0.3) is 0 Å². The highest BCUT2D eigenvalue weighted by Gasteiger charge is 2.71. The van der Waals surface area contributed by atoms with Gasteiger partial charge in [0.05, 0.1) is 17.3 Å². The fourth-order valence-corrected chi connectivity index (χ4v) is 9.43. The summed E-state index contributed by atoms with van der Waals surface area (Å²) in [4.78, 5) is 16.7. The summed E-state index contributed by atoms with van der Waals surface area (Å²) in [6.45, 7) is 3.06. The quantitative estimate of drug-likeness (QED) is 0.396. The van der Waals surface area contributed by atoms with Gasteiger partial charge in [-0.05, 0) is 98.8 Å². The number of halogens is 1. The number of nitrogens with zero attached hydrogens (tertiary/aromatic N) is 1. The molecular weight excluding hydrogens is 485 g/mol. The van der Waals surface area contributed by atoms with Crippen LogP contribution in [0.3, 0.4) is 0 Å². The number of ether oxygens (including phenoxy) is 1. The molecule has 4 unspecified atom stereocenters. The van der Waals surface area contributed by atoms with Crippen LogP contribution >= 0.6 is 0 Å². The summed E-state index contributed by atoms with van der Waals surface area (Å²) in [6.07, 6.45) is 9.80. The lowest BCUT2D eigenvalue weighted by atomic mass is 9.41. The average molecular weight is 526 g/mol. The maximum Gasteiger partial charge on any atom is 0.331 e. The van der Waals surface area contributed by atoms with E-state index in [1.807, 2.05) is 6.21 Å². The molecule has 1 heterocycles. The number of esters is 1. The van der Waals surface area contributed by atoms with E-state index in [-0.39, 0.29) is 35.0 Å². The molecule has 5 aliphatic rings.